The van der Waals surface area contributed by atoms with Gasteiger partial charge in [-0.25, -0.2) is 0 Å². The smallest absolute Gasteiger partial charge is 0.263 e. The van der Waals surface area contributed by atoms with Gasteiger partial charge >= 0.3 is 0 Å². The molecule has 8 heteroatoms. The van der Waals surface area contributed by atoms with Crippen molar-refractivity contribution >= 4 is 23.4 Å². The molecule has 3 amide bonds. The number of carbonyl (C=O) groups excluding carboxylic acids is 3. The minimum absolute atomic E-state index is 0.00284. The summed E-state index contributed by atoms with van der Waals surface area (Å²) in [7, 11) is 0. The van der Waals surface area contributed by atoms with Gasteiger partial charge in [0.1, 0.15) is 6.61 Å². The molecule has 2 aromatic rings. The van der Waals surface area contributed by atoms with E-state index >= 15 is 0 Å². The van der Waals surface area contributed by atoms with Crippen LogP contribution in [-0.4, -0.2) is 73.0 Å². The molecule has 184 valence electrons. The first-order valence-corrected chi connectivity index (χ1v) is 12.4. The maximum Gasteiger partial charge on any atom is 0.263 e. The number of rotatable bonds is 6. The van der Waals surface area contributed by atoms with E-state index in [0.717, 1.165) is 31.6 Å². The van der Waals surface area contributed by atoms with Crippen molar-refractivity contribution in [1.29, 1.82) is 0 Å². The number of amides is 3. The van der Waals surface area contributed by atoms with Crippen molar-refractivity contribution in [3.63, 3.8) is 0 Å². The van der Waals surface area contributed by atoms with Crippen molar-refractivity contribution in [2.45, 2.75) is 32.8 Å². The van der Waals surface area contributed by atoms with Crippen LogP contribution in [0.15, 0.2) is 42.5 Å². The van der Waals surface area contributed by atoms with E-state index in [1.54, 1.807) is 6.07 Å². The standard InChI is InChI=1S/C27H31N3O5/c1-3-28(4-2)25(31)18-12-14-29(15-13-18)21-9-7-8-20-24(21)27(33)30(26(20)32)16-19-17-34-22-10-5-6-11-23(22)35-19/h5-11,18-19H,3-4,12-17H2,1-2H3. The van der Waals surface area contributed by atoms with E-state index in [9.17, 15) is 14.4 Å². The maximum atomic E-state index is 13.5. The molecule has 2 aromatic carbocycles. The summed E-state index contributed by atoms with van der Waals surface area (Å²) in [5.41, 5.74) is 1.64. The number of ether oxygens (including phenoxy) is 2. The number of piperidine rings is 1. The molecule has 0 radical (unpaired) electrons. The first-order valence-electron chi connectivity index (χ1n) is 12.4. The number of hydrogen-bond donors (Lipinski definition) is 0. The number of carbonyl (C=O) groups is 3. The van der Waals surface area contributed by atoms with Gasteiger partial charge in [-0.2, -0.15) is 0 Å². The molecule has 1 fully saturated rings. The number of benzene rings is 2. The second kappa shape index (κ2) is 9.60. The Bertz CT molecular complexity index is 1140. The van der Waals surface area contributed by atoms with E-state index in [-0.39, 0.29) is 36.8 Å². The number of fused-ring (bicyclic) bond motifs is 2. The largest absolute Gasteiger partial charge is 0.486 e. The third-order valence-corrected chi connectivity index (χ3v) is 7.19. The SMILES string of the molecule is CCN(CC)C(=O)C1CCN(c2cccc3c2C(=O)N(CC2COc4ccccc4O2)C3=O)CC1. The summed E-state index contributed by atoms with van der Waals surface area (Å²) in [6.07, 6.45) is 1.03. The fourth-order valence-corrected chi connectivity index (χ4v) is 5.26. The molecule has 0 aliphatic carbocycles. The summed E-state index contributed by atoms with van der Waals surface area (Å²) in [6, 6.07) is 12.8. The average molecular weight is 478 g/mol. The van der Waals surface area contributed by atoms with Gasteiger partial charge in [-0.3, -0.25) is 19.3 Å². The van der Waals surface area contributed by atoms with Crippen LogP contribution in [0.4, 0.5) is 5.69 Å². The maximum absolute atomic E-state index is 13.5. The molecule has 3 heterocycles. The van der Waals surface area contributed by atoms with Crippen molar-refractivity contribution in [3.05, 3.63) is 53.6 Å². The lowest BCUT2D eigenvalue weighted by Crippen LogP contribution is -2.44. The zero-order chi connectivity index (χ0) is 24.5. The molecule has 3 aliphatic rings. The Kier molecular flexibility index (Phi) is 6.36. The van der Waals surface area contributed by atoms with Crippen molar-refractivity contribution in [2.75, 3.05) is 44.2 Å². The number of nitrogens with zero attached hydrogens (tertiary/aromatic N) is 3. The van der Waals surface area contributed by atoms with Gasteiger partial charge in [0.05, 0.1) is 23.4 Å². The van der Waals surface area contributed by atoms with E-state index in [1.807, 2.05) is 55.1 Å². The summed E-state index contributed by atoms with van der Waals surface area (Å²) in [5.74, 6) is 0.884. The quantitative estimate of drug-likeness (QED) is 0.595. The third-order valence-electron chi connectivity index (χ3n) is 7.19. The monoisotopic (exact) mass is 477 g/mol. The lowest BCUT2D eigenvalue weighted by molar-refractivity contribution is -0.135. The predicted octanol–water partition coefficient (Wildman–Crippen LogP) is 3.21. The van der Waals surface area contributed by atoms with Gasteiger partial charge < -0.3 is 19.3 Å². The molecule has 1 unspecified atom stereocenters. The highest BCUT2D eigenvalue weighted by Crippen LogP contribution is 2.36. The normalized spacial score (nSPS) is 19.7. The second-order valence-electron chi connectivity index (χ2n) is 9.19. The van der Waals surface area contributed by atoms with Crippen LogP contribution in [0.25, 0.3) is 0 Å². The molecule has 1 atom stereocenters. The molecule has 0 saturated carbocycles. The highest BCUT2D eigenvalue weighted by atomic mass is 16.6. The first kappa shape index (κ1) is 23.2. The molecule has 0 N–H and O–H groups in total. The minimum atomic E-state index is -0.433. The van der Waals surface area contributed by atoms with E-state index in [2.05, 4.69) is 4.90 Å². The Morgan fingerprint density at radius 3 is 2.40 bits per heavy atom. The Hall–Kier alpha value is -3.55. The van der Waals surface area contributed by atoms with Crippen LogP contribution >= 0.6 is 0 Å². The number of anilines is 1. The lowest BCUT2D eigenvalue weighted by atomic mass is 9.94. The van der Waals surface area contributed by atoms with E-state index in [4.69, 9.17) is 9.47 Å². The molecular formula is C27H31N3O5. The zero-order valence-electron chi connectivity index (χ0n) is 20.2. The van der Waals surface area contributed by atoms with Gasteiger partial charge in [0, 0.05) is 32.1 Å². The number of para-hydroxylation sites is 2. The third kappa shape index (κ3) is 4.22. The van der Waals surface area contributed by atoms with Gasteiger partial charge in [-0.1, -0.05) is 18.2 Å². The highest BCUT2D eigenvalue weighted by Gasteiger charge is 2.41. The van der Waals surface area contributed by atoms with Crippen molar-refractivity contribution in [3.8, 4) is 11.5 Å². The molecular weight excluding hydrogens is 446 g/mol. The van der Waals surface area contributed by atoms with Crippen LogP contribution in [-0.2, 0) is 4.79 Å². The molecule has 35 heavy (non-hydrogen) atoms. The predicted molar refractivity (Wildman–Crippen MR) is 131 cm³/mol. The van der Waals surface area contributed by atoms with Crippen LogP contribution < -0.4 is 14.4 Å². The van der Waals surface area contributed by atoms with Crippen LogP contribution in [0.3, 0.4) is 0 Å². The molecule has 5 rings (SSSR count). The fourth-order valence-electron chi connectivity index (χ4n) is 5.26. The van der Waals surface area contributed by atoms with Crippen molar-refractivity contribution in [1.82, 2.24) is 9.80 Å². The van der Waals surface area contributed by atoms with Crippen LogP contribution in [0, 0.1) is 5.92 Å². The zero-order valence-corrected chi connectivity index (χ0v) is 20.2. The van der Waals surface area contributed by atoms with E-state index < -0.39 is 6.10 Å². The number of hydrogen-bond acceptors (Lipinski definition) is 6. The topological polar surface area (TPSA) is 79.4 Å². The van der Waals surface area contributed by atoms with Crippen molar-refractivity contribution < 1.29 is 23.9 Å². The Balaban J connectivity index is 1.29. The summed E-state index contributed by atoms with van der Waals surface area (Å²) in [4.78, 5) is 44.7. The molecule has 3 aliphatic heterocycles. The summed E-state index contributed by atoms with van der Waals surface area (Å²) < 4.78 is 11.8. The average Bonchev–Trinajstić information content (AvgIpc) is 3.14. The van der Waals surface area contributed by atoms with Gasteiger partial charge in [0.15, 0.2) is 17.6 Å². The van der Waals surface area contributed by atoms with Gasteiger partial charge in [0.25, 0.3) is 11.8 Å². The summed E-state index contributed by atoms with van der Waals surface area (Å²) in [6.45, 7) is 7.18. The Morgan fingerprint density at radius 1 is 0.971 bits per heavy atom. The Morgan fingerprint density at radius 2 is 1.69 bits per heavy atom. The lowest BCUT2D eigenvalue weighted by Gasteiger charge is -2.35. The molecule has 1 saturated heterocycles. The summed E-state index contributed by atoms with van der Waals surface area (Å²) in [5, 5.41) is 0. The first-order chi connectivity index (χ1) is 17.0. The molecule has 8 nitrogen and oxygen atoms in total. The van der Waals surface area contributed by atoms with Crippen LogP contribution in [0.1, 0.15) is 47.4 Å². The molecule has 0 spiro atoms. The van der Waals surface area contributed by atoms with E-state index in [0.29, 0.717) is 35.7 Å². The summed E-state index contributed by atoms with van der Waals surface area (Å²) >= 11 is 0. The minimum Gasteiger partial charge on any atom is -0.486 e. The van der Waals surface area contributed by atoms with Gasteiger partial charge in [0.2, 0.25) is 5.91 Å². The van der Waals surface area contributed by atoms with Crippen molar-refractivity contribution in [2.24, 2.45) is 5.92 Å². The molecule has 0 aromatic heterocycles. The van der Waals surface area contributed by atoms with Gasteiger partial charge in [-0.05, 0) is 51.0 Å². The number of imide groups is 1. The Labute approximate surface area is 205 Å². The molecule has 0 bridgehead atoms. The van der Waals surface area contributed by atoms with Gasteiger partial charge in [-0.15, -0.1) is 0 Å². The van der Waals surface area contributed by atoms with E-state index in [1.165, 1.54) is 4.90 Å². The van der Waals surface area contributed by atoms with Crippen LogP contribution in [0.5, 0.6) is 11.5 Å². The van der Waals surface area contributed by atoms with Crippen LogP contribution in [0.2, 0.25) is 0 Å². The highest BCUT2D eigenvalue weighted by molar-refractivity contribution is 6.23. The second-order valence-corrected chi connectivity index (χ2v) is 9.19. The fraction of sp³-hybridized carbons (Fsp3) is 0.444.